The number of ether oxygens (including phenoxy) is 1. The number of rotatable bonds is 2. The van der Waals surface area contributed by atoms with Gasteiger partial charge in [0.15, 0.2) is 0 Å². The minimum Gasteiger partial charge on any atom is -0.388 e. The summed E-state index contributed by atoms with van der Waals surface area (Å²) in [6.45, 7) is 2.49. The van der Waals surface area contributed by atoms with Crippen molar-refractivity contribution < 1.29 is 9.53 Å². The molecule has 1 amide bonds. The van der Waals surface area contributed by atoms with Crippen LogP contribution in [-0.2, 0) is 4.74 Å². The normalized spacial score (nSPS) is 13.0. The second-order valence-electron chi connectivity index (χ2n) is 5.81. The molecule has 1 heterocycles. The zero-order chi connectivity index (χ0) is 18.2. The number of nitrogens with one attached hydrogen (secondary N) is 1. The Labute approximate surface area is 154 Å². The van der Waals surface area contributed by atoms with Gasteiger partial charge in [0.25, 0.3) is 5.91 Å². The topological polar surface area (TPSA) is 41.6 Å². The van der Waals surface area contributed by atoms with Crippen LogP contribution < -0.4 is 5.32 Å². The Hall–Kier alpha value is -3.21. The van der Waals surface area contributed by atoms with Gasteiger partial charge in [-0.2, -0.15) is 0 Å². The summed E-state index contributed by atoms with van der Waals surface area (Å²) in [5.41, 5.74) is 3.48. The molecule has 1 fully saturated rings. The molecule has 1 saturated heterocycles. The molecule has 0 aromatic heterocycles. The Balaban J connectivity index is 1.62. The molecule has 1 N–H and O–H groups in total. The van der Waals surface area contributed by atoms with Gasteiger partial charge in [-0.3, -0.25) is 4.79 Å². The molecule has 0 saturated carbocycles. The molecule has 0 unspecified atom stereocenters. The maximum absolute atomic E-state index is 12.4. The van der Waals surface area contributed by atoms with E-state index < -0.39 is 0 Å². The van der Waals surface area contributed by atoms with Crippen molar-refractivity contribution in [2.24, 2.45) is 0 Å². The van der Waals surface area contributed by atoms with Gasteiger partial charge in [0.1, 0.15) is 0 Å². The first-order valence-electron chi connectivity index (χ1n) is 8.53. The molecule has 4 heteroatoms. The number of benzene rings is 2. The third kappa shape index (κ3) is 4.66. The molecule has 0 radical (unpaired) electrons. The van der Waals surface area contributed by atoms with Gasteiger partial charge in [0, 0.05) is 42.5 Å². The summed E-state index contributed by atoms with van der Waals surface area (Å²) in [4.78, 5) is 14.2. The van der Waals surface area contributed by atoms with E-state index in [9.17, 15) is 4.79 Å². The standard InChI is InChI=1S/C22H20N2O2/c1-23-21-12-8-19(9-13-21)5-3-2-4-18-6-10-20(11-7-18)22(25)24-14-16-26-17-15-24/h6-13,23H,14-17H2,1H3. The summed E-state index contributed by atoms with van der Waals surface area (Å²) in [6.07, 6.45) is 0. The second kappa shape index (κ2) is 8.76. The summed E-state index contributed by atoms with van der Waals surface area (Å²) in [5.74, 6) is 11.8. The van der Waals surface area contributed by atoms with Crippen molar-refractivity contribution in [3.05, 3.63) is 65.2 Å². The third-order valence-electron chi connectivity index (χ3n) is 4.08. The summed E-state index contributed by atoms with van der Waals surface area (Å²) >= 11 is 0. The monoisotopic (exact) mass is 344 g/mol. The van der Waals surface area contributed by atoms with E-state index in [1.807, 2.05) is 60.5 Å². The molecule has 2 aromatic carbocycles. The van der Waals surface area contributed by atoms with E-state index in [-0.39, 0.29) is 5.91 Å². The highest BCUT2D eigenvalue weighted by Gasteiger charge is 2.17. The Morgan fingerprint density at radius 3 is 2.00 bits per heavy atom. The van der Waals surface area contributed by atoms with Gasteiger partial charge in [0.05, 0.1) is 13.2 Å². The van der Waals surface area contributed by atoms with E-state index in [0.717, 1.165) is 16.8 Å². The van der Waals surface area contributed by atoms with Crippen LogP contribution in [0.15, 0.2) is 48.5 Å². The Morgan fingerprint density at radius 2 is 1.46 bits per heavy atom. The number of carbonyl (C=O) groups is 1. The summed E-state index contributed by atoms with van der Waals surface area (Å²) < 4.78 is 5.28. The predicted molar refractivity (Wildman–Crippen MR) is 103 cm³/mol. The van der Waals surface area contributed by atoms with E-state index in [1.54, 1.807) is 0 Å². The molecule has 4 nitrogen and oxygen atoms in total. The minimum atomic E-state index is 0.0395. The highest BCUT2D eigenvalue weighted by molar-refractivity contribution is 5.94. The van der Waals surface area contributed by atoms with Gasteiger partial charge < -0.3 is 15.0 Å². The molecule has 26 heavy (non-hydrogen) atoms. The minimum absolute atomic E-state index is 0.0395. The van der Waals surface area contributed by atoms with Crippen LogP contribution in [0.1, 0.15) is 21.5 Å². The molecule has 130 valence electrons. The quantitative estimate of drug-likeness (QED) is 0.852. The summed E-state index contributed by atoms with van der Waals surface area (Å²) in [6, 6.07) is 15.2. The van der Waals surface area contributed by atoms with Crippen molar-refractivity contribution in [2.45, 2.75) is 0 Å². The van der Waals surface area contributed by atoms with Crippen molar-refractivity contribution in [1.82, 2.24) is 4.90 Å². The highest BCUT2D eigenvalue weighted by atomic mass is 16.5. The van der Waals surface area contributed by atoms with E-state index in [0.29, 0.717) is 31.9 Å². The lowest BCUT2D eigenvalue weighted by Crippen LogP contribution is -2.40. The number of morpholine rings is 1. The van der Waals surface area contributed by atoms with Crippen molar-refractivity contribution in [3.8, 4) is 23.7 Å². The van der Waals surface area contributed by atoms with Crippen LogP contribution in [0.4, 0.5) is 5.69 Å². The number of amides is 1. The van der Waals surface area contributed by atoms with Gasteiger partial charge in [-0.15, -0.1) is 0 Å². The largest absolute Gasteiger partial charge is 0.388 e. The lowest BCUT2D eigenvalue weighted by molar-refractivity contribution is 0.0303. The smallest absolute Gasteiger partial charge is 0.254 e. The van der Waals surface area contributed by atoms with Crippen molar-refractivity contribution >= 4 is 11.6 Å². The molecule has 0 atom stereocenters. The van der Waals surface area contributed by atoms with Crippen LogP contribution in [0.25, 0.3) is 0 Å². The maximum Gasteiger partial charge on any atom is 0.254 e. The molecular weight excluding hydrogens is 324 g/mol. The number of nitrogens with zero attached hydrogens (tertiary/aromatic N) is 1. The van der Waals surface area contributed by atoms with Crippen LogP contribution in [0, 0.1) is 23.7 Å². The van der Waals surface area contributed by atoms with Gasteiger partial charge in [0.2, 0.25) is 0 Å². The van der Waals surface area contributed by atoms with E-state index in [1.165, 1.54) is 0 Å². The molecule has 0 aliphatic carbocycles. The number of hydrogen-bond donors (Lipinski definition) is 1. The Bertz CT molecular complexity index is 872. The van der Waals surface area contributed by atoms with Crippen LogP contribution >= 0.6 is 0 Å². The summed E-state index contributed by atoms with van der Waals surface area (Å²) in [7, 11) is 1.88. The molecule has 0 bridgehead atoms. The molecule has 0 spiro atoms. The molecule has 2 aromatic rings. The first-order valence-corrected chi connectivity index (χ1v) is 8.53. The number of carbonyl (C=O) groups excluding carboxylic acids is 1. The van der Waals surface area contributed by atoms with Crippen LogP contribution in [0.2, 0.25) is 0 Å². The van der Waals surface area contributed by atoms with Crippen molar-refractivity contribution in [1.29, 1.82) is 0 Å². The van der Waals surface area contributed by atoms with E-state index >= 15 is 0 Å². The first-order chi connectivity index (χ1) is 12.8. The van der Waals surface area contributed by atoms with Crippen LogP contribution in [0.5, 0.6) is 0 Å². The molecule has 1 aliphatic heterocycles. The maximum atomic E-state index is 12.4. The van der Waals surface area contributed by atoms with Gasteiger partial charge >= 0.3 is 0 Å². The van der Waals surface area contributed by atoms with Gasteiger partial charge in [-0.05, 0) is 60.4 Å². The summed E-state index contributed by atoms with van der Waals surface area (Å²) in [5, 5.41) is 3.07. The van der Waals surface area contributed by atoms with Gasteiger partial charge in [-0.25, -0.2) is 0 Å². The third-order valence-corrected chi connectivity index (χ3v) is 4.08. The average Bonchev–Trinajstić information content (AvgIpc) is 2.72. The van der Waals surface area contributed by atoms with Crippen molar-refractivity contribution in [2.75, 3.05) is 38.7 Å². The van der Waals surface area contributed by atoms with E-state index in [2.05, 4.69) is 29.0 Å². The molecule has 3 rings (SSSR count). The molecule has 1 aliphatic rings. The lowest BCUT2D eigenvalue weighted by atomic mass is 10.1. The fourth-order valence-electron chi connectivity index (χ4n) is 2.57. The zero-order valence-corrected chi connectivity index (χ0v) is 14.7. The Morgan fingerprint density at radius 1 is 0.923 bits per heavy atom. The SMILES string of the molecule is CNc1ccc(C#CC#Cc2ccc(C(=O)N3CCOCC3)cc2)cc1. The molecular formula is C22H20N2O2. The highest BCUT2D eigenvalue weighted by Crippen LogP contribution is 2.09. The number of hydrogen-bond acceptors (Lipinski definition) is 3. The van der Waals surface area contributed by atoms with Crippen LogP contribution in [-0.4, -0.2) is 44.2 Å². The lowest BCUT2D eigenvalue weighted by Gasteiger charge is -2.26. The second-order valence-corrected chi connectivity index (χ2v) is 5.81. The Kier molecular flexibility index (Phi) is 5.93. The van der Waals surface area contributed by atoms with E-state index in [4.69, 9.17) is 4.74 Å². The van der Waals surface area contributed by atoms with Crippen LogP contribution in [0.3, 0.4) is 0 Å². The number of anilines is 1. The zero-order valence-electron chi connectivity index (χ0n) is 14.7. The van der Waals surface area contributed by atoms with Crippen molar-refractivity contribution in [3.63, 3.8) is 0 Å². The fourth-order valence-corrected chi connectivity index (χ4v) is 2.57. The average molecular weight is 344 g/mol. The first kappa shape index (κ1) is 17.6. The van der Waals surface area contributed by atoms with Gasteiger partial charge in [-0.1, -0.05) is 11.8 Å². The fraction of sp³-hybridized carbons (Fsp3) is 0.227. The predicted octanol–water partition coefficient (Wildman–Crippen LogP) is 2.60.